The molecule has 0 radical (unpaired) electrons. The molecule has 0 amide bonds. The summed E-state index contributed by atoms with van der Waals surface area (Å²) in [5, 5.41) is 0. The predicted molar refractivity (Wildman–Crippen MR) is 36.7 cm³/mol. The zero-order chi connectivity index (χ0) is 5.98. The minimum absolute atomic E-state index is 0.832. The average molecular weight is 110 g/mol. The Morgan fingerprint density at radius 3 is 2.50 bits per heavy atom. The summed E-state index contributed by atoms with van der Waals surface area (Å²) in [5.74, 6) is 1.76. The number of allylic oxidation sites excluding steroid dienone is 2. The van der Waals surface area contributed by atoms with Crippen molar-refractivity contribution in [3.8, 4) is 0 Å². The number of rotatable bonds is 0. The van der Waals surface area contributed by atoms with Gasteiger partial charge in [-0.15, -0.1) is 0 Å². The molecular formula is C8H14. The first-order valence-electron chi connectivity index (χ1n) is 3.45. The van der Waals surface area contributed by atoms with Crippen LogP contribution in [0.5, 0.6) is 0 Å². The Bertz CT molecular complexity index is 92.2. The van der Waals surface area contributed by atoms with Crippen LogP contribution < -0.4 is 0 Å². The highest BCUT2D eigenvalue weighted by molar-refractivity contribution is 4.92. The first kappa shape index (κ1) is 5.87. The fraction of sp³-hybridized carbons (Fsp3) is 0.750. The maximum atomic E-state index is 2.32. The molecule has 0 fully saturated rings. The third kappa shape index (κ3) is 1.36. The molecule has 0 heteroatoms. The SMILES string of the molecule is C[C@H]1CC=C[C@H](C)C1. The van der Waals surface area contributed by atoms with Gasteiger partial charge in [0.2, 0.25) is 0 Å². The normalized spacial score (nSPS) is 37.8. The van der Waals surface area contributed by atoms with Crippen molar-refractivity contribution >= 4 is 0 Å². The molecule has 0 N–H and O–H groups in total. The molecule has 0 heterocycles. The van der Waals surface area contributed by atoms with Gasteiger partial charge in [0, 0.05) is 0 Å². The highest BCUT2D eigenvalue weighted by Gasteiger charge is 2.08. The van der Waals surface area contributed by atoms with Crippen molar-refractivity contribution in [3.05, 3.63) is 12.2 Å². The molecule has 0 saturated carbocycles. The van der Waals surface area contributed by atoms with Gasteiger partial charge in [0.25, 0.3) is 0 Å². The molecule has 8 heavy (non-hydrogen) atoms. The van der Waals surface area contributed by atoms with Crippen LogP contribution in [0.1, 0.15) is 26.7 Å². The lowest BCUT2D eigenvalue weighted by Crippen LogP contribution is -2.04. The molecular weight excluding hydrogens is 96.1 g/mol. The summed E-state index contributed by atoms with van der Waals surface area (Å²) in [5.41, 5.74) is 0. The van der Waals surface area contributed by atoms with Crippen LogP contribution in [0.25, 0.3) is 0 Å². The van der Waals surface area contributed by atoms with Crippen LogP contribution in [0.2, 0.25) is 0 Å². The largest absolute Gasteiger partial charge is 0.0880 e. The quantitative estimate of drug-likeness (QED) is 0.420. The van der Waals surface area contributed by atoms with E-state index in [2.05, 4.69) is 26.0 Å². The van der Waals surface area contributed by atoms with Crippen molar-refractivity contribution < 1.29 is 0 Å². The van der Waals surface area contributed by atoms with Gasteiger partial charge in [-0.3, -0.25) is 0 Å². The summed E-state index contributed by atoms with van der Waals surface area (Å²) < 4.78 is 0. The summed E-state index contributed by atoms with van der Waals surface area (Å²) in [7, 11) is 0. The van der Waals surface area contributed by atoms with Crippen LogP contribution >= 0.6 is 0 Å². The number of hydrogen-bond donors (Lipinski definition) is 0. The maximum Gasteiger partial charge on any atom is -0.0259 e. The molecule has 1 aliphatic carbocycles. The van der Waals surface area contributed by atoms with Gasteiger partial charge in [-0.2, -0.15) is 0 Å². The van der Waals surface area contributed by atoms with Crippen molar-refractivity contribution in [2.45, 2.75) is 26.7 Å². The van der Waals surface area contributed by atoms with Crippen LogP contribution in [0.4, 0.5) is 0 Å². The summed E-state index contributed by atoms with van der Waals surface area (Å²) >= 11 is 0. The fourth-order valence-corrected chi connectivity index (χ4v) is 1.35. The van der Waals surface area contributed by atoms with Crippen molar-refractivity contribution in [3.63, 3.8) is 0 Å². The molecule has 0 unspecified atom stereocenters. The van der Waals surface area contributed by atoms with E-state index in [1.54, 1.807) is 0 Å². The lowest BCUT2D eigenvalue weighted by Gasteiger charge is -2.16. The summed E-state index contributed by atoms with van der Waals surface area (Å²) in [4.78, 5) is 0. The van der Waals surface area contributed by atoms with E-state index >= 15 is 0 Å². The maximum absolute atomic E-state index is 2.32. The smallest absolute Gasteiger partial charge is 0.0259 e. The van der Waals surface area contributed by atoms with E-state index in [0.29, 0.717) is 0 Å². The van der Waals surface area contributed by atoms with Crippen LogP contribution in [0.15, 0.2) is 12.2 Å². The molecule has 0 nitrogen and oxygen atoms in total. The summed E-state index contributed by atoms with van der Waals surface area (Å²) in [6, 6.07) is 0. The Kier molecular flexibility index (Phi) is 1.72. The third-order valence-corrected chi connectivity index (χ3v) is 1.78. The molecule has 0 aliphatic heterocycles. The molecule has 0 bridgehead atoms. The monoisotopic (exact) mass is 110 g/mol. The molecule has 46 valence electrons. The standard InChI is InChI=1S/C8H14/c1-7-4-3-5-8(2)6-7/h3-4,7-8H,5-6H2,1-2H3/t7-,8-/m0/s1. The molecule has 0 spiro atoms. The fourth-order valence-electron chi connectivity index (χ4n) is 1.35. The van der Waals surface area contributed by atoms with Crippen molar-refractivity contribution in [2.24, 2.45) is 11.8 Å². The first-order chi connectivity index (χ1) is 3.79. The minimum atomic E-state index is 0.832. The lowest BCUT2D eigenvalue weighted by molar-refractivity contribution is 0.449. The van der Waals surface area contributed by atoms with E-state index in [-0.39, 0.29) is 0 Å². The second kappa shape index (κ2) is 2.34. The van der Waals surface area contributed by atoms with Gasteiger partial charge in [-0.25, -0.2) is 0 Å². The van der Waals surface area contributed by atoms with Gasteiger partial charge in [-0.05, 0) is 24.7 Å². The highest BCUT2D eigenvalue weighted by Crippen LogP contribution is 2.21. The van der Waals surface area contributed by atoms with Gasteiger partial charge in [-0.1, -0.05) is 26.0 Å². The average Bonchev–Trinajstić information content (AvgIpc) is 1.64. The minimum Gasteiger partial charge on any atom is -0.0880 e. The van der Waals surface area contributed by atoms with Crippen molar-refractivity contribution in [2.75, 3.05) is 0 Å². The molecule has 0 aromatic carbocycles. The van der Waals surface area contributed by atoms with Crippen LogP contribution in [-0.2, 0) is 0 Å². The Morgan fingerprint density at radius 1 is 1.38 bits per heavy atom. The van der Waals surface area contributed by atoms with Gasteiger partial charge in [0.15, 0.2) is 0 Å². The van der Waals surface area contributed by atoms with Crippen LogP contribution in [-0.4, -0.2) is 0 Å². The van der Waals surface area contributed by atoms with Crippen LogP contribution in [0, 0.1) is 11.8 Å². The second-order valence-corrected chi connectivity index (χ2v) is 2.98. The predicted octanol–water partition coefficient (Wildman–Crippen LogP) is 2.61. The van der Waals surface area contributed by atoms with Crippen LogP contribution in [0.3, 0.4) is 0 Å². The zero-order valence-electron chi connectivity index (χ0n) is 5.72. The van der Waals surface area contributed by atoms with Crippen molar-refractivity contribution in [1.82, 2.24) is 0 Å². The molecule has 0 aromatic rings. The van der Waals surface area contributed by atoms with Gasteiger partial charge < -0.3 is 0 Å². The van der Waals surface area contributed by atoms with E-state index in [1.807, 2.05) is 0 Å². The first-order valence-corrected chi connectivity index (χ1v) is 3.45. The molecule has 0 aromatic heterocycles. The van der Waals surface area contributed by atoms with E-state index < -0.39 is 0 Å². The highest BCUT2D eigenvalue weighted by atomic mass is 14.1. The Balaban J connectivity index is 2.42. The third-order valence-electron chi connectivity index (χ3n) is 1.78. The van der Waals surface area contributed by atoms with Gasteiger partial charge in [0.1, 0.15) is 0 Å². The van der Waals surface area contributed by atoms with E-state index in [9.17, 15) is 0 Å². The number of hydrogen-bond acceptors (Lipinski definition) is 0. The van der Waals surface area contributed by atoms with Crippen molar-refractivity contribution in [1.29, 1.82) is 0 Å². The van der Waals surface area contributed by atoms with Gasteiger partial charge in [0.05, 0.1) is 0 Å². The van der Waals surface area contributed by atoms with E-state index in [4.69, 9.17) is 0 Å². The molecule has 1 aliphatic rings. The Morgan fingerprint density at radius 2 is 2.12 bits per heavy atom. The molecule has 2 atom stereocenters. The second-order valence-electron chi connectivity index (χ2n) is 2.98. The lowest BCUT2D eigenvalue weighted by atomic mass is 9.89. The van der Waals surface area contributed by atoms with E-state index in [1.165, 1.54) is 12.8 Å². The zero-order valence-corrected chi connectivity index (χ0v) is 5.72. The Hall–Kier alpha value is -0.260. The molecule has 0 saturated heterocycles. The van der Waals surface area contributed by atoms with Gasteiger partial charge >= 0.3 is 0 Å². The van der Waals surface area contributed by atoms with E-state index in [0.717, 1.165) is 11.8 Å². The topological polar surface area (TPSA) is 0 Å². The molecule has 1 rings (SSSR count). The summed E-state index contributed by atoms with van der Waals surface area (Å²) in [6.07, 6.45) is 7.31. The summed E-state index contributed by atoms with van der Waals surface area (Å²) in [6.45, 7) is 4.60. The Labute approximate surface area is 51.6 Å².